The molecule has 0 aliphatic heterocycles. The zero-order valence-corrected chi connectivity index (χ0v) is 21.2. The fraction of sp³-hybridized carbons (Fsp3) is 0.222. The number of aromatic amines is 1. The van der Waals surface area contributed by atoms with Crippen molar-refractivity contribution in [2.75, 3.05) is 18.4 Å². The van der Waals surface area contributed by atoms with Gasteiger partial charge in [-0.15, -0.1) is 0 Å². The summed E-state index contributed by atoms with van der Waals surface area (Å²) in [5, 5.41) is 13.8. The maximum atomic E-state index is 13.0. The second-order valence-electron chi connectivity index (χ2n) is 8.69. The predicted octanol–water partition coefficient (Wildman–Crippen LogP) is 2.74. The van der Waals surface area contributed by atoms with Crippen LogP contribution in [0.4, 0.5) is 5.82 Å². The summed E-state index contributed by atoms with van der Waals surface area (Å²) in [5.74, 6) is 0.140. The summed E-state index contributed by atoms with van der Waals surface area (Å²) in [4.78, 5) is 25.1. The van der Waals surface area contributed by atoms with Crippen LogP contribution in [0.15, 0.2) is 88.6 Å². The second-order valence-corrected chi connectivity index (χ2v) is 10.4. The number of carbonyl (C=O) groups excluding carboxylic acids is 1. The van der Waals surface area contributed by atoms with E-state index in [4.69, 9.17) is 0 Å². The van der Waals surface area contributed by atoms with Gasteiger partial charge in [0.2, 0.25) is 15.9 Å². The molecule has 0 aliphatic carbocycles. The highest BCUT2D eigenvalue weighted by Gasteiger charge is 2.26. The van der Waals surface area contributed by atoms with Crippen molar-refractivity contribution >= 4 is 32.5 Å². The number of carbonyl (C=O) groups is 1. The number of aryl methyl sites for hydroxylation is 1. The number of anilines is 1. The van der Waals surface area contributed by atoms with Gasteiger partial charge < -0.3 is 10.6 Å². The highest BCUT2D eigenvalue weighted by atomic mass is 32.2. The minimum Gasteiger partial charge on any atom is -0.368 e. The SMILES string of the molecule is Cc1ccc(S(=O)(=O)NC(Cc2ccccc2)C(=O)NCCCNc2n[nH]c(=O)c3ccccc23)cc1. The fourth-order valence-corrected chi connectivity index (χ4v) is 5.09. The molecule has 0 fully saturated rings. The molecule has 4 N–H and O–H groups in total. The van der Waals surface area contributed by atoms with Crippen molar-refractivity contribution in [3.05, 3.63) is 100 Å². The third-order valence-electron chi connectivity index (χ3n) is 5.87. The predicted molar refractivity (Wildman–Crippen MR) is 144 cm³/mol. The number of nitrogens with zero attached hydrogens (tertiary/aromatic N) is 1. The summed E-state index contributed by atoms with van der Waals surface area (Å²) in [5.41, 5.74) is 1.52. The minimum absolute atomic E-state index is 0.105. The van der Waals surface area contributed by atoms with Gasteiger partial charge in [-0.2, -0.15) is 9.82 Å². The monoisotopic (exact) mass is 519 g/mol. The highest BCUT2D eigenvalue weighted by molar-refractivity contribution is 7.89. The van der Waals surface area contributed by atoms with Crippen molar-refractivity contribution in [1.82, 2.24) is 20.2 Å². The Morgan fingerprint density at radius 2 is 1.59 bits per heavy atom. The average Bonchev–Trinajstić information content (AvgIpc) is 2.90. The van der Waals surface area contributed by atoms with Gasteiger partial charge in [-0.1, -0.05) is 66.2 Å². The Morgan fingerprint density at radius 1 is 0.919 bits per heavy atom. The van der Waals surface area contributed by atoms with Crippen LogP contribution in [0, 0.1) is 6.92 Å². The lowest BCUT2D eigenvalue weighted by atomic mass is 10.1. The summed E-state index contributed by atoms with van der Waals surface area (Å²) in [6.45, 7) is 2.69. The van der Waals surface area contributed by atoms with Gasteiger partial charge in [0, 0.05) is 18.5 Å². The Balaban J connectivity index is 1.37. The highest BCUT2D eigenvalue weighted by Crippen LogP contribution is 2.16. The van der Waals surface area contributed by atoms with E-state index in [1.807, 2.05) is 49.4 Å². The number of benzene rings is 3. The Hall–Kier alpha value is -4.02. The lowest BCUT2D eigenvalue weighted by Gasteiger charge is -2.19. The number of hydrogen-bond acceptors (Lipinski definition) is 6. The minimum atomic E-state index is -3.90. The van der Waals surface area contributed by atoms with Crippen molar-refractivity contribution in [2.24, 2.45) is 0 Å². The fourth-order valence-electron chi connectivity index (χ4n) is 3.89. The van der Waals surface area contributed by atoms with Gasteiger partial charge in [0.15, 0.2) is 5.82 Å². The number of fused-ring (bicyclic) bond motifs is 1. The molecule has 1 atom stereocenters. The molecule has 1 amide bonds. The maximum absolute atomic E-state index is 13.0. The standard InChI is InChI=1S/C27H29N5O4S/c1-19-12-14-21(15-13-19)37(35,36)32-24(18-20-8-3-2-4-9-20)27(34)29-17-7-16-28-25-22-10-5-6-11-23(22)26(33)31-30-25/h2-6,8-15,24,32H,7,16-18H2,1H3,(H,28,30)(H,29,34)(H,31,33). The first kappa shape index (κ1) is 26.1. The molecule has 0 aliphatic rings. The second kappa shape index (κ2) is 11.8. The quantitative estimate of drug-likeness (QED) is 0.225. The molecule has 1 aromatic heterocycles. The number of H-pyrrole nitrogens is 1. The van der Waals surface area contributed by atoms with Crippen molar-refractivity contribution < 1.29 is 13.2 Å². The topological polar surface area (TPSA) is 133 Å². The molecule has 37 heavy (non-hydrogen) atoms. The van der Waals surface area contributed by atoms with Gasteiger partial charge in [-0.3, -0.25) is 9.59 Å². The number of rotatable bonds is 11. The molecule has 192 valence electrons. The van der Waals surface area contributed by atoms with Crippen molar-refractivity contribution in [3.63, 3.8) is 0 Å². The molecule has 4 aromatic rings. The molecule has 0 radical (unpaired) electrons. The molecule has 10 heteroatoms. The van der Waals surface area contributed by atoms with E-state index >= 15 is 0 Å². The molecule has 4 rings (SSSR count). The molecule has 0 spiro atoms. The Labute approximate surface area is 215 Å². The summed E-state index contributed by atoms with van der Waals surface area (Å²) < 4.78 is 28.5. The third kappa shape index (κ3) is 6.81. The van der Waals surface area contributed by atoms with Crippen LogP contribution in [0.1, 0.15) is 17.5 Å². The molecule has 1 heterocycles. The van der Waals surface area contributed by atoms with Crippen LogP contribution in [-0.2, 0) is 21.2 Å². The molecule has 0 bridgehead atoms. The van der Waals surface area contributed by atoms with Crippen molar-refractivity contribution in [1.29, 1.82) is 0 Å². The van der Waals surface area contributed by atoms with Crippen LogP contribution in [0.25, 0.3) is 10.8 Å². The zero-order valence-electron chi connectivity index (χ0n) is 20.4. The van der Waals surface area contributed by atoms with Crippen molar-refractivity contribution in [3.8, 4) is 0 Å². The lowest BCUT2D eigenvalue weighted by Crippen LogP contribution is -2.48. The first-order valence-corrected chi connectivity index (χ1v) is 13.4. The maximum Gasteiger partial charge on any atom is 0.272 e. The lowest BCUT2D eigenvalue weighted by molar-refractivity contribution is -0.122. The number of amides is 1. The van der Waals surface area contributed by atoms with Crippen LogP contribution in [0.3, 0.4) is 0 Å². The Kier molecular flexibility index (Phi) is 8.32. The van der Waals surface area contributed by atoms with Crippen LogP contribution in [-0.4, -0.2) is 43.7 Å². The average molecular weight is 520 g/mol. The number of nitrogens with one attached hydrogen (secondary N) is 4. The van der Waals surface area contributed by atoms with Crippen LogP contribution >= 0.6 is 0 Å². The van der Waals surface area contributed by atoms with E-state index in [-0.39, 0.29) is 16.9 Å². The molecule has 3 aromatic carbocycles. The molecular weight excluding hydrogens is 490 g/mol. The van der Waals surface area contributed by atoms with Crippen LogP contribution < -0.4 is 20.9 Å². The van der Waals surface area contributed by atoms with E-state index in [0.29, 0.717) is 36.1 Å². The number of hydrogen-bond donors (Lipinski definition) is 4. The molecule has 0 saturated carbocycles. The third-order valence-corrected chi connectivity index (χ3v) is 7.36. The van der Waals surface area contributed by atoms with Gasteiger partial charge in [0.05, 0.1) is 10.3 Å². The first-order valence-electron chi connectivity index (χ1n) is 12.0. The largest absolute Gasteiger partial charge is 0.368 e. The van der Waals surface area contributed by atoms with Gasteiger partial charge in [0.25, 0.3) is 5.56 Å². The molecule has 0 saturated heterocycles. The van der Waals surface area contributed by atoms with Gasteiger partial charge >= 0.3 is 0 Å². The first-order chi connectivity index (χ1) is 17.8. The summed E-state index contributed by atoms with van der Waals surface area (Å²) in [7, 11) is -3.90. The van der Waals surface area contributed by atoms with E-state index < -0.39 is 22.0 Å². The Bertz CT molecular complexity index is 1520. The van der Waals surface area contributed by atoms with Gasteiger partial charge in [0.1, 0.15) is 6.04 Å². The van der Waals surface area contributed by atoms with Crippen LogP contribution in [0.5, 0.6) is 0 Å². The van der Waals surface area contributed by atoms with Gasteiger partial charge in [-0.25, -0.2) is 13.5 Å². The number of aromatic nitrogens is 2. The summed E-state index contributed by atoms with van der Waals surface area (Å²) in [6.07, 6.45) is 0.771. The number of sulfonamides is 1. The summed E-state index contributed by atoms with van der Waals surface area (Å²) >= 11 is 0. The van der Waals surface area contributed by atoms with E-state index in [1.54, 1.807) is 24.3 Å². The molecular formula is C27H29N5O4S. The Morgan fingerprint density at radius 3 is 2.32 bits per heavy atom. The smallest absolute Gasteiger partial charge is 0.272 e. The molecule has 1 unspecified atom stereocenters. The van der Waals surface area contributed by atoms with E-state index in [9.17, 15) is 18.0 Å². The van der Waals surface area contributed by atoms with E-state index in [1.165, 1.54) is 12.1 Å². The summed E-state index contributed by atoms with van der Waals surface area (Å²) in [6, 6.07) is 21.9. The van der Waals surface area contributed by atoms with Gasteiger partial charge in [-0.05, 0) is 43.5 Å². The zero-order chi connectivity index (χ0) is 26.3. The van der Waals surface area contributed by atoms with E-state index in [0.717, 1.165) is 11.1 Å². The van der Waals surface area contributed by atoms with Crippen LogP contribution in [0.2, 0.25) is 0 Å². The molecule has 9 nitrogen and oxygen atoms in total. The van der Waals surface area contributed by atoms with Crippen molar-refractivity contribution in [2.45, 2.75) is 30.7 Å². The normalized spacial score (nSPS) is 12.2. The van der Waals surface area contributed by atoms with E-state index in [2.05, 4.69) is 25.6 Å².